The first-order valence-electron chi connectivity index (χ1n) is 18.9. The van der Waals surface area contributed by atoms with Crippen LogP contribution in [0.2, 0.25) is 0 Å². The summed E-state index contributed by atoms with van der Waals surface area (Å²) >= 11 is 0. The quantitative estimate of drug-likeness (QED) is 0.160. The Hall–Kier alpha value is -7.02. The molecule has 0 saturated carbocycles. The lowest BCUT2D eigenvalue weighted by atomic mass is 9.84. The van der Waals surface area contributed by atoms with Gasteiger partial charge in [-0.1, -0.05) is 164 Å². The standard InChI is InChI=1S/C54H30/c1-3-12-32(13-4-1)50-40-26-25-37-36(44(40)29-47-39-20-9-17-31-18-10-22-42(49(31)39)53(47)50)24-27-41-45(37)30-48-46-28-34-16-7-8-19-35(34)38-21-11-23-43(52(38)46)54(48)51(41)33-14-5-2-6-15-33/h1-30H. The number of rotatable bonds is 2. The lowest BCUT2D eigenvalue weighted by molar-refractivity contribution is 1.65. The summed E-state index contributed by atoms with van der Waals surface area (Å²) in [6.07, 6.45) is 0. The van der Waals surface area contributed by atoms with Crippen molar-refractivity contribution in [1.29, 1.82) is 0 Å². The summed E-state index contributed by atoms with van der Waals surface area (Å²) in [5, 5.41) is 15.7. The van der Waals surface area contributed by atoms with Crippen LogP contribution in [0.4, 0.5) is 0 Å². The van der Waals surface area contributed by atoms with E-state index in [2.05, 4.69) is 182 Å². The summed E-state index contributed by atoms with van der Waals surface area (Å²) in [6.45, 7) is 0. The largest absolute Gasteiger partial charge is 0.0622 e. The van der Waals surface area contributed by atoms with Gasteiger partial charge in [-0.3, -0.25) is 0 Å². The fraction of sp³-hybridized carbons (Fsp3) is 0. The maximum Gasteiger partial charge on any atom is -0.00137 e. The summed E-state index contributed by atoms with van der Waals surface area (Å²) < 4.78 is 0. The second-order valence-corrected chi connectivity index (χ2v) is 15.1. The van der Waals surface area contributed by atoms with Crippen LogP contribution in [0.3, 0.4) is 0 Å². The molecule has 0 saturated heterocycles. The molecule has 0 amide bonds. The molecule has 13 rings (SSSR count). The van der Waals surface area contributed by atoms with Gasteiger partial charge in [-0.05, 0) is 150 Å². The van der Waals surface area contributed by atoms with E-state index in [-0.39, 0.29) is 0 Å². The van der Waals surface area contributed by atoms with E-state index in [0.717, 1.165) is 0 Å². The van der Waals surface area contributed by atoms with Gasteiger partial charge in [0.25, 0.3) is 0 Å². The van der Waals surface area contributed by atoms with Gasteiger partial charge in [0, 0.05) is 0 Å². The number of benzene rings is 11. The van der Waals surface area contributed by atoms with Gasteiger partial charge in [0.15, 0.2) is 0 Å². The molecule has 54 heavy (non-hydrogen) atoms. The van der Waals surface area contributed by atoms with Crippen molar-refractivity contribution in [3.8, 4) is 66.8 Å². The van der Waals surface area contributed by atoms with Crippen LogP contribution in [-0.2, 0) is 0 Å². The van der Waals surface area contributed by atoms with E-state index in [9.17, 15) is 0 Å². The molecular weight excluding hydrogens is 649 g/mol. The van der Waals surface area contributed by atoms with Crippen molar-refractivity contribution in [2.75, 3.05) is 0 Å². The molecule has 11 aromatic rings. The van der Waals surface area contributed by atoms with E-state index >= 15 is 0 Å². The highest BCUT2D eigenvalue weighted by Gasteiger charge is 2.30. The van der Waals surface area contributed by atoms with Gasteiger partial charge in [-0.2, -0.15) is 0 Å². The van der Waals surface area contributed by atoms with Crippen LogP contribution in [0, 0.1) is 0 Å². The predicted octanol–water partition coefficient (Wildman–Crippen LogP) is 15.2. The van der Waals surface area contributed by atoms with Crippen molar-refractivity contribution >= 4 is 64.6 Å². The van der Waals surface area contributed by atoms with Crippen LogP contribution in [0.25, 0.3) is 131 Å². The Kier molecular flexibility index (Phi) is 5.45. The van der Waals surface area contributed by atoms with Crippen molar-refractivity contribution in [1.82, 2.24) is 0 Å². The summed E-state index contributed by atoms with van der Waals surface area (Å²) in [7, 11) is 0. The molecule has 2 aliphatic carbocycles. The molecule has 246 valence electrons. The van der Waals surface area contributed by atoms with Crippen molar-refractivity contribution in [3.63, 3.8) is 0 Å². The zero-order valence-corrected chi connectivity index (χ0v) is 29.3. The third kappa shape index (κ3) is 3.58. The lowest BCUT2D eigenvalue weighted by Gasteiger charge is -2.19. The lowest BCUT2D eigenvalue weighted by Crippen LogP contribution is -1.92. The Bertz CT molecular complexity index is 3460. The normalized spacial score (nSPS) is 12.4. The van der Waals surface area contributed by atoms with Crippen molar-refractivity contribution in [2.24, 2.45) is 0 Å². The first kappa shape index (κ1) is 28.6. The molecule has 2 aliphatic rings. The first-order chi connectivity index (χ1) is 26.8. The maximum absolute atomic E-state index is 2.51. The summed E-state index contributed by atoms with van der Waals surface area (Å²) in [5.74, 6) is 0. The minimum atomic E-state index is 1.25. The minimum absolute atomic E-state index is 1.25. The molecule has 0 heteroatoms. The fourth-order valence-electron chi connectivity index (χ4n) is 10.3. The number of fused-ring (bicyclic) bond motifs is 13. The zero-order chi connectivity index (χ0) is 35.1. The number of hydrogen-bond donors (Lipinski definition) is 0. The molecule has 0 N–H and O–H groups in total. The molecule has 0 aromatic heterocycles. The smallest absolute Gasteiger partial charge is 0.00137 e. The van der Waals surface area contributed by atoms with E-state index in [4.69, 9.17) is 0 Å². The molecule has 0 spiro atoms. The Balaban J connectivity index is 1.19. The highest BCUT2D eigenvalue weighted by Crippen LogP contribution is 2.57. The van der Waals surface area contributed by atoms with Gasteiger partial charge in [-0.25, -0.2) is 0 Å². The van der Waals surface area contributed by atoms with Gasteiger partial charge in [-0.15, -0.1) is 0 Å². The molecule has 0 fully saturated rings. The second kappa shape index (κ2) is 10.3. The Morgan fingerprint density at radius 1 is 0.204 bits per heavy atom. The van der Waals surface area contributed by atoms with Crippen LogP contribution in [-0.4, -0.2) is 0 Å². The minimum Gasteiger partial charge on any atom is -0.0622 e. The van der Waals surface area contributed by atoms with Crippen LogP contribution >= 0.6 is 0 Å². The second-order valence-electron chi connectivity index (χ2n) is 15.1. The maximum atomic E-state index is 2.51. The molecule has 11 aromatic carbocycles. The average molecular weight is 679 g/mol. The van der Waals surface area contributed by atoms with E-state index in [1.54, 1.807) is 0 Å². The Morgan fingerprint density at radius 3 is 1.33 bits per heavy atom. The molecule has 0 nitrogen and oxygen atoms in total. The first-order valence-corrected chi connectivity index (χ1v) is 18.9. The molecule has 0 heterocycles. The Labute approximate surface area is 312 Å². The van der Waals surface area contributed by atoms with Gasteiger partial charge in [0.1, 0.15) is 0 Å². The van der Waals surface area contributed by atoms with Crippen molar-refractivity contribution < 1.29 is 0 Å². The third-order valence-electron chi connectivity index (χ3n) is 12.5. The molecule has 0 unspecified atom stereocenters. The zero-order valence-electron chi connectivity index (χ0n) is 29.3. The van der Waals surface area contributed by atoms with E-state index < -0.39 is 0 Å². The van der Waals surface area contributed by atoms with Crippen LogP contribution < -0.4 is 0 Å². The molecule has 0 radical (unpaired) electrons. The third-order valence-corrected chi connectivity index (χ3v) is 12.5. The summed E-state index contributed by atoms with van der Waals surface area (Å²) in [5.41, 5.74) is 15.8. The van der Waals surface area contributed by atoms with Crippen molar-refractivity contribution in [3.05, 3.63) is 182 Å². The van der Waals surface area contributed by atoms with Crippen molar-refractivity contribution in [2.45, 2.75) is 0 Å². The molecule has 0 bridgehead atoms. The molecular formula is C54H30. The van der Waals surface area contributed by atoms with Gasteiger partial charge < -0.3 is 0 Å². The molecule has 0 aliphatic heterocycles. The molecule has 0 atom stereocenters. The number of hydrogen-bond acceptors (Lipinski definition) is 0. The average Bonchev–Trinajstić information content (AvgIpc) is 3.73. The topological polar surface area (TPSA) is 0 Å². The fourth-order valence-corrected chi connectivity index (χ4v) is 10.3. The van der Waals surface area contributed by atoms with Gasteiger partial charge >= 0.3 is 0 Å². The van der Waals surface area contributed by atoms with E-state index in [0.29, 0.717) is 0 Å². The van der Waals surface area contributed by atoms with Crippen LogP contribution in [0.1, 0.15) is 0 Å². The highest BCUT2D eigenvalue weighted by molar-refractivity contribution is 6.31. The van der Waals surface area contributed by atoms with Gasteiger partial charge in [0.2, 0.25) is 0 Å². The Morgan fingerprint density at radius 2 is 0.685 bits per heavy atom. The summed E-state index contributed by atoms with van der Waals surface area (Å²) in [6, 6.07) is 68.4. The monoisotopic (exact) mass is 678 g/mol. The van der Waals surface area contributed by atoms with E-state index in [1.165, 1.54) is 131 Å². The van der Waals surface area contributed by atoms with E-state index in [1.807, 2.05) is 0 Å². The predicted molar refractivity (Wildman–Crippen MR) is 231 cm³/mol. The highest BCUT2D eigenvalue weighted by atomic mass is 14.3. The van der Waals surface area contributed by atoms with Gasteiger partial charge in [0.05, 0.1) is 0 Å². The summed E-state index contributed by atoms with van der Waals surface area (Å²) in [4.78, 5) is 0. The van der Waals surface area contributed by atoms with Crippen LogP contribution in [0.5, 0.6) is 0 Å². The van der Waals surface area contributed by atoms with Crippen LogP contribution in [0.15, 0.2) is 182 Å². The SMILES string of the molecule is c1ccc(-c2c3c(cc4c2ccc2c5cc6c(c(-c7ccccc7)c5ccc42)-c2cccc4c2c-6cc2ccccc24)-c2cccc4cccc-3c24)cc1.